The van der Waals surface area contributed by atoms with Crippen LogP contribution in [0.5, 0.6) is 11.5 Å². The molecule has 16 nitrogen and oxygen atoms in total. The first kappa shape index (κ1) is 52.4. The maximum atomic E-state index is 14.0. The Morgan fingerprint density at radius 2 is 1.68 bits per heavy atom. The first-order valence-electron chi connectivity index (χ1n) is 23.3. The molecule has 3 atom stereocenters. The summed E-state index contributed by atoms with van der Waals surface area (Å²) in [4.78, 5) is 54.9. The molecule has 0 saturated carbocycles. The Morgan fingerprint density at radius 3 is 2.35 bits per heavy atom. The number of β-amino-alcohol motifs (C(OH)–C–C–N with tert-alkyl or cyclic N) is 1. The number of likely N-dealkylation sites (tertiary alicyclic amines) is 1. The first-order valence-corrected chi connectivity index (χ1v) is 24.6. The number of aryl methyl sites for hydroxylation is 1. The third-order valence-corrected chi connectivity index (χ3v) is 13.6. The summed E-state index contributed by atoms with van der Waals surface area (Å²) in [5.41, 5.74) is 1.90. The van der Waals surface area contributed by atoms with Crippen molar-refractivity contribution in [3.05, 3.63) is 101 Å². The zero-order valence-corrected chi connectivity index (χ0v) is 41.7. The van der Waals surface area contributed by atoms with Gasteiger partial charge in [0.15, 0.2) is 10.9 Å². The molecule has 3 amide bonds. The normalized spacial score (nSPS) is 17.2. The van der Waals surface area contributed by atoms with Crippen LogP contribution in [0, 0.1) is 24.2 Å². The van der Waals surface area contributed by atoms with E-state index in [-0.39, 0.29) is 48.0 Å². The zero-order valence-electron chi connectivity index (χ0n) is 40.0. The lowest BCUT2D eigenvalue weighted by Gasteiger charge is -2.30. The minimum Gasteiger partial charge on any atom is -0.494 e. The predicted octanol–water partition coefficient (Wildman–Crippen LogP) is 8.03. The van der Waals surface area contributed by atoms with E-state index in [1.54, 1.807) is 77.9 Å². The lowest BCUT2D eigenvalue weighted by molar-refractivity contribution is -0.142. The van der Waals surface area contributed by atoms with E-state index in [1.165, 1.54) is 22.3 Å². The number of ether oxygens (including phenoxy) is 3. The van der Waals surface area contributed by atoms with Gasteiger partial charge in [0.25, 0.3) is 5.91 Å². The number of hydrogen-bond donors (Lipinski definition) is 2. The second-order valence-electron chi connectivity index (χ2n) is 18.1. The summed E-state index contributed by atoms with van der Waals surface area (Å²) in [7, 11) is 0. The van der Waals surface area contributed by atoms with E-state index >= 15 is 0 Å². The van der Waals surface area contributed by atoms with Gasteiger partial charge in [-0.2, -0.15) is 23.5 Å². The molecule has 0 spiro atoms. The van der Waals surface area contributed by atoms with Crippen molar-refractivity contribution < 1.29 is 46.9 Å². The topological polar surface area (TPSA) is 188 Å². The van der Waals surface area contributed by atoms with Gasteiger partial charge in [0, 0.05) is 50.0 Å². The van der Waals surface area contributed by atoms with Gasteiger partial charge in [0.1, 0.15) is 23.4 Å². The molecular formula is C50H56F3N9O7S2. The number of nitrogens with zero attached hydrogens (tertiary/aromatic N) is 8. The highest BCUT2D eigenvalue weighted by Gasteiger charge is 2.51. The van der Waals surface area contributed by atoms with E-state index in [0.29, 0.717) is 55.7 Å². The van der Waals surface area contributed by atoms with E-state index in [4.69, 9.17) is 26.4 Å². The highest BCUT2D eigenvalue weighted by Crippen LogP contribution is 2.40. The van der Waals surface area contributed by atoms with Crippen LogP contribution in [0.1, 0.15) is 88.4 Å². The Morgan fingerprint density at radius 1 is 0.972 bits per heavy atom. The lowest BCUT2D eigenvalue weighted by Crippen LogP contribution is -2.49. The van der Waals surface area contributed by atoms with Gasteiger partial charge in [-0.15, -0.1) is 11.3 Å². The van der Waals surface area contributed by atoms with Crippen LogP contribution in [0.15, 0.2) is 78.7 Å². The van der Waals surface area contributed by atoms with Gasteiger partial charge in [0.05, 0.1) is 82.9 Å². The number of benzene rings is 2. The molecule has 0 bridgehead atoms. The number of thiocarbonyl (C=S) groups is 1. The highest BCUT2D eigenvalue weighted by atomic mass is 32.1. The number of anilines is 2. The highest BCUT2D eigenvalue weighted by molar-refractivity contribution is 7.81. The number of hydrogen-bond acceptors (Lipinski definition) is 13. The summed E-state index contributed by atoms with van der Waals surface area (Å²) in [6, 6.07) is 13.8. The molecule has 2 aliphatic heterocycles. The maximum Gasteiger partial charge on any atom is 0.417 e. The first-order chi connectivity index (χ1) is 33.9. The molecule has 2 saturated heterocycles. The smallest absolute Gasteiger partial charge is 0.417 e. The molecule has 3 aromatic heterocycles. The van der Waals surface area contributed by atoms with Crippen molar-refractivity contribution in [1.82, 2.24) is 30.0 Å². The molecule has 0 unspecified atom stereocenters. The van der Waals surface area contributed by atoms with Crippen LogP contribution in [-0.4, -0.2) is 103 Å². The molecule has 0 radical (unpaired) electrons. The Balaban J connectivity index is 0.788. The molecule has 5 aromatic rings. The van der Waals surface area contributed by atoms with Gasteiger partial charge >= 0.3 is 6.18 Å². The molecule has 21 heteroatoms. The lowest BCUT2D eigenvalue weighted by atomic mass is 10.0. The van der Waals surface area contributed by atoms with E-state index in [0.717, 1.165) is 52.4 Å². The zero-order chi connectivity index (χ0) is 51.0. The Hall–Kier alpha value is -6.47. The summed E-state index contributed by atoms with van der Waals surface area (Å²) in [6.45, 7) is 11.1. The number of nitrogens with one attached hydrogen (secondary N) is 1. The summed E-state index contributed by atoms with van der Waals surface area (Å²) in [5, 5.41) is 27.1. The third-order valence-electron chi connectivity index (χ3n) is 12.2. The molecular weight excluding hydrogens is 960 g/mol. The number of rotatable bonds is 21. The Kier molecular flexibility index (Phi) is 16.8. The number of alkyl halides is 3. The van der Waals surface area contributed by atoms with E-state index < -0.39 is 46.9 Å². The van der Waals surface area contributed by atoms with Gasteiger partial charge in [0.2, 0.25) is 11.8 Å². The molecule has 5 heterocycles. The number of carbonyl (C=O) groups excluding carboxylic acids is 3. The predicted molar refractivity (Wildman–Crippen MR) is 264 cm³/mol. The second kappa shape index (κ2) is 22.7. The van der Waals surface area contributed by atoms with Crippen LogP contribution in [0.3, 0.4) is 0 Å². The molecule has 2 fully saturated rings. The number of amides is 3. The summed E-state index contributed by atoms with van der Waals surface area (Å²) < 4.78 is 60.4. The molecule has 0 aliphatic carbocycles. The van der Waals surface area contributed by atoms with Crippen LogP contribution in [0.2, 0.25) is 0 Å². The van der Waals surface area contributed by atoms with Crippen molar-refractivity contribution in [3.63, 3.8) is 0 Å². The average Bonchev–Trinajstić information content (AvgIpc) is 4.12. The molecule has 376 valence electrons. The number of aromatic nitrogens is 4. The van der Waals surface area contributed by atoms with Crippen molar-refractivity contribution in [2.75, 3.05) is 42.8 Å². The molecule has 2 aliphatic rings. The van der Waals surface area contributed by atoms with Crippen LogP contribution in [0.25, 0.3) is 10.4 Å². The Labute approximate surface area is 419 Å². The summed E-state index contributed by atoms with van der Waals surface area (Å²) in [5.74, 6) is -0.276. The number of aliphatic hydroxyl groups excluding tert-OH is 1. The standard InChI is InChI=1S/C50H56F3N9O7S2/c1-31(2)43(46(65)59-28-38(63)23-42(59)45(64)56-26-35-12-10-34(25-55-35)44-32(3)57-30-71-44)60-29-40(27-58-60)69-21-9-19-67-18-7-6-8-20-68-39-16-14-36(15-17-39)62-48(70)61(47(66)49(62,4)5)37-13-11-33(24-54)41(22-37)50(51,52)53/h10-17,22,25,27,29-31,38,42-43,63H,6-9,18-21,23,26,28H2,1-5H3,(H,56,64)/t38-,42+,43-/m1/s1. The average molecular weight is 1020 g/mol. The molecule has 2 N–H and O–H groups in total. The number of carbonyl (C=O) groups is 3. The van der Waals surface area contributed by atoms with Crippen molar-refractivity contribution >= 4 is 57.8 Å². The van der Waals surface area contributed by atoms with Crippen molar-refractivity contribution in [2.24, 2.45) is 5.92 Å². The van der Waals surface area contributed by atoms with E-state index in [2.05, 4.69) is 20.4 Å². The molecule has 71 heavy (non-hydrogen) atoms. The largest absolute Gasteiger partial charge is 0.494 e. The van der Waals surface area contributed by atoms with Crippen LogP contribution >= 0.6 is 23.6 Å². The summed E-state index contributed by atoms with van der Waals surface area (Å²) >= 11 is 7.17. The Bertz CT molecular complexity index is 2720. The number of nitriles is 1. The second-order valence-corrected chi connectivity index (χ2v) is 19.4. The number of aliphatic hydroxyl groups is 1. The van der Waals surface area contributed by atoms with Gasteiger partial charge in [-0.3, -0.25) is 28.9 Å². The third kappa shape index (κ3) is 12.2. The fraction of sp³-hybridized carbons (Fsp3) is 0.440. The number of halogens is 3. The fourth-order valence-corrected chi connectivity index (χ4v) is 9.86. The van der Waals surface area contributed by atoms with Gasteiger partial charge in [-0.1, -0.05) is 19.9 Å². The number of pyridine rings is 1. The van der Waals surface area contributed by atoms with Crippen LogP contribution in [0.4, 0.5) is 24.5 Å². The SMILES string of the molecule is Cc1ncsc1-c1ccc(CNC(=O)[C@@H]2C[C@@H](O)CN2C(=O)[C@@H](C(C)C)n2cc(OCCCOCCCCCOc3ccc(N4C(=S)N(c5ccc(C#N)c(C(F)(F)F)c5)C(=O)C4(C)C)cc3)cn2)nc1. The minimum absolute atomic E-state index is 0.00878. The van der Waals surface area contributed by atoms with Crippen molar-refractivity contribution in [2.45, 2.75) is 103 Å². The molecule has 7 rings (SSSR count). The van der Waals surface area contributed by atoms with E-state index in [9.17, 15) is 37.9 Å². The number of unbranched alkanes of at least 4 members (excludes halogenated alkanes) is 2. The van der Waals surface area contributed by atoms with Crippen molar-refractivity contribution in [1.29, 1.82) is 5.26 Å². The molecule has 2 aromatic carbocycles. The van der Waals surface area contributed by atoms with Crippen LogP contribution < -0.4 is 24.6 Å². The van der Waals surface area contributed by atoms with Gasteiger partial charge in [-0.25, -0.2) is 4.98 Å². The van der Waals surface area contributed by atoms with Gasteiger partial charge < -0.3 is 34.4 Å². The quantitative estimate of drug-likeness (QED) is 0.0532. The minimum atomic E-state index is -4.79. The summed E-state index contributed by atoms with van der Waals surface area (Å²) in [6.07, 6.45) is 2.57. The fourth-order valence-electron chi connectivity index (χ4n) is 8.54. The van der Waals surface area contributed by atoms with Gasteiger partial charge in [-0.05, 0) is 107 Å². The maximum absolute atomic E-state index is 14.0. The van der Waals surface area contributed by atoms with Crippen LogP contribution in [-0.2, 0) is 31.8 Å². The van der Waals surface area contributed by atoms with Crippen molar-refractivity contribution in [3.8, 4) is 28.0 Å². The number of thiazole rings is 1. The van der Waals surface area contributed by atoms with E-state index in [1.807, 2.05) is 32.9 Å². The monoisotopic (exact) mass is 1020 g/mol.